The Balaban J connectivity index is 1.89. The van der Waals surface area contributed by atoms with E-state index in [-0.39, 0.29) is 12.5 Å². The van der Waals surface area contributed by atoms with Crippen molar-refractivity contribution in [3.05, 3.63) is 34.1 Å². The smallest absolute Gasteiger partial charge is 0.238 e. The highest BCUT2D eigenvalue weighted by Gasteiger charge is 2.12. The summed E-state index contributed by atoms with van der Waals surface area (Å²) < 4.78 is 1.74. The quantitative estimate of drug-likeness (QED) is 0.824. The summed E-state index contributed by atoms with van der Waals surface area (Å²) in [5, 5.41) is 15.2. The van der Waals surface area contributed by atoms with Crippen LogP contribution in [0.15, 0.2) is 18.2 Å². The monoisotopic (exact) mass is 356 g/mol. The molecule has 1 heterocycles. The highest BCUT2D eigenvalue weighted by Crippen LogP contribution is 2.24. The highest BCUT2D eigenvalue weighted by atomic mass is 35.5. The van der Waals surface area contributed by atoms with Crippen LogP contribution in [0.25, 0.3) is 0 Å². The van der Waals surface area contributed by atoms with Crippen LogP contribution in [-0.2, 0) is 17.9 Å². The maximum absolute atomic E-state index is 12.1. The first-order valence-corrected chi connectivity index (χ1v) is 7.93. The van der Waals surface area contributed by atoms with Gasteiger partial charge in [-0.3, -0.25) is 9.69 Å². The molecule has 1 aromatic heterocycles. The van der Waals surface area contributed by atoms with Gasteiger partial charge in [0.25, 0.3) is 0 Å². The molecule has 9 heteroatoms. The van der Waals surface area contributed by atoms with Gasteiger partial charge < -0.3 is 5.32 Å². The first-order chi connectivity index (χ1) is 11.0. The Labute approximate surface area is 144 Å². The van der Waals surface area contributed by atoms with E-state index in [0.717, 1.165) is 18.8 Å². The van der Waals surface area contributed by atoms with E-state index in [1.165, 1.54) is 0 Å². The second-order valence-electron chi connectivity index (χ2n) is 5.17. The van der Waals surface area contributed by atoms with Crippen molar-refractivity contribution in [1.29, 1.82) is 0 Å². The van der Waals surface area contributed by atoms with Crippen molar-refractivity contribution in [1.82, 2.24) is 25.1 Å². The van der Waals surface area contributed by atoms with E-state index in [0.29, 0.717) is 22.3 Å². The number of amides is 1. The van der Waals surface area contributed by atoms with E-state index in [9.17, 15) is 4.79 Å². The van der Waals surface area contributed by atoms with Crippen molar-refractivity contribution in [2.75, 3.05) is 18.9 Å². The minimum atomic E-state index is -0.152. The predicted octanol–water partition coefficient (Wildman–Crippen LogP) is 2.46. The van der Waals surface area contributed by atoms with Crippen LogP contribution in [0.1, 0.15) is 19.2 Å². The Hall–Kier alpha value is -1.70. The zero-order valence-corrected chi connectivity index (χ0v) is 14.5. The number of anilines is 1. The number of likely N-dealkylation sites (N-methyl/N-ethyl adjacent to an activating group) is 1. The fourth-order valence-electron chi connectivity index (χ4n) is 2.04. The molecule has 0 spiro atoms. The van der Waals surface area contributed by atoms with Gasteiger partial charge in [0.05, 0.1) is 23.1 Å². The molecule has 124 valence electrons. The van der Waals surface area contributed by atoms with Crippen LogP contribution in [0.5, 0.6) is 0 Å². The zero-order valence-electron chi connectivity index (χ0n) is 13.0. The van der Waals surface area contributed by atoms with Crippen molar-refractivity contribution in [3.63, 3.8) is 0 Å². The number of aryl methyl sites for hydroxylation is 1. The summed E-state index contributed by atoms with van der Waals surface area (Å²) in [5.74, 6) is 0.581. The molecule has 0 aliphatic rings. The molecular formula is C14H18Cl2N6O. The number of carbonyl (C=O) groups is 1. The molecule has 0 atom stereocenters. The SMILES string of the molecule is CCCn1nnnc1CN(C)CC(=O)Nc1ccc(Cl)c(Cl)c1. The molecular weight excluding hydrogens is 339 g/mol. The largest absolute Gasteiger partial charge is 0.325 e. The molecule has 23 heavy (non-hydrogen) atoms. The number of hydrogen-bond acceptors (Lipinski definition) is 5. The molecule has 0 fully saturated rings. The van der Waals surface area contributed by atoms with Crippen molar-refractivity contribution in [2.24, 2.45) is 0 Å². The zero-order chi connectivity index (χ0) is 16.8. The van der Waals surface area contributed by atoms with Crippen molar-refractivity contribution >= 4 is 34.8 Å². The number of nitrogens with one attached hydrogen (secondary N) is 1. The molecule has 2 aromatic rings. The van der Waals surface area contributed by atoms with Crippen LogP contribution < -0.4 is 5.32 Å². The van der Waals surface area contributed by atoms with Gasteiger partial charge in [-0.1, -0.05) is 30.1 Å². The number of aromatic nitrogens is 4. The van der Waals surface area contributed by atoms with E-state index in [4.69, 9.17) is 23.2 Å². The number of hydrogen-bond donors (Lipinski definition) is 1. The summed E-state index contributed by atoms with van der Waals surface area (Å²) in [7, 11) is 1.83. The Morgan fingerprint density at radius 3 is 2.83 bits per heavy atom. The third-order valence-corrected chi connectivity index (χ3v) is 3.81. The molecule has 2 rings (SSSR count). The van der Waals surface area contributed by atoms with Gasteiger partial charge in [-0.15, -0.1) is 5.10 Å². The fraction of sp³-hybridized carbons (Fsp3) is 0.429. The Morgan fingerprint density at radius 2 is 2.13 bits per heavy atom. The van der Waals surface area contributed by atoms with Gasteiger partial charge in [-0.25, -0.2) is 4.68 Å². The van der Waals surface area contributed by atoms with Crippen molar-refractivity contribution < 1.29 is 4.79 Å². The second-order valence-corrected chi connectivity index (χ2v) is 5.98. The molecule has 0 aliphatic carbocycles. The standard InChI is InChI=1S/C14H18Cl2N6O/c1-3-6-22-13(18-19-20-22)8-21(2)9-14(23)17-10-4-5-11(15)12(16)7-10/h4-5,7H,3,6,8-9H2,1-2H3,(H,17,23). The molecule has 1 aromatic carbocycles. The lowest BCUT2D eigenvalue weighted by Gasteiger charge is -2.15. The van der Waals surface area contributed by atoms with E-state index >= 15 is 0 Å². The number of rotatable bonds is 7. The van der Waals surface area contributed by atoms with E-state index in [1.54, 1.807) is 22.9 Å². The molecule has 1 amide bonds. The lowest BCUT2D eigenvalue weighted by atomic mass is 10.3. The number of halogens is 2. The van der Waals surface area contributed by atoms with Gasteiger partial charge in [0.1, 0.15) is 0 Å². The van der Waals surface area contributed by atoms with Gasteiger partial charge in [0.15, 0.2) is 5.82 Å². The number of tetrazole rings is 1. The number of benzene rings is 1. The van der Waals surface area contributed by atoms with Crippen LogP contribution in [0, 0.1) is 0 Å². The lowest BCUT2D eigenvalue weighted by Crippen LogP contribution is -2.30. The van der Waals surface area contributed by atoms with Gasteiger partial charge in [-0.2, -0.15) is 0 Å². The molecule has 0 bridgehead atoms. The maximum Gasteiger partial charge on any atom is 0.238 e. The average molecular weight is 357 g/mol. The van der Waals surface area contributed by atoms with E-state index in [2.05, 4.69) is 27.8 Å². The molecule has 7 nitrogen and oxygen atoms in total. The summed E-state index contributed by atoms with van der Waals surface area (Å²) in [4.78, 5) is 13.9. The van der Waals surface area contributed by atoms with E-state index < -0.39 is 0 Å². The van der Waals surface area contributed by atoms with Crippen molar-refractivity contribution in [3.8, 4) is 0 Å². The third kappa shape index (κ3) is 5.16. The minimum Gasteiger partial charge on any atom is -0.325 e. The topological polar surface area (TPSA) is 75.9 Å². The number of nitrogens with zero attached hydrogens (tertiary/aromatic N) is 5. The molecule has 0 unspecified atom stereocenters. The Kier molecular flexibility index (Phi) is 6.32. The van der Waals surface area contributed by atoms with Crippen LogP contribution in [0.4, 0.5) is 5.69 Å². The molecule has 0 aliphatic heterocycles. The summed E-state index contributed by atoms with van der Waals surface area (Å²) in [6, 6.07) is 4.96. The Morgan fingerprint density at radius 1 is 1.35 bits per heavy atom. The summed E-state index contributed by atoms with van der Waals surface area (Å²) in [6.45, 7) is 3.51. The molecule has 0 saturated carbocycles. The third-order valence-electron chi connectivity index (χ3n) is 3.07. The van der Waals surface area contributed by atoms with Gasteiger partial charge in [-0.05, 0) is 42.1 Å². The van der Waals surface area contributed by atoms with Crippen LogP contribution in [0.3, 0.4) is 0 Å². The fourth-order valence-corrected chi connectivity index (χ4v) is 2.34. The molecule has 0 radical (unpaired) electrons. The van der Waals surface area contributed by atoms with Crippen molar-refractivity contribution in [2.45, 2.75) is 26.4 Å². The summed E-state index contributed by atoms with van der Waals surface area (Å²) in [5.41, 5.74) is 0.605. The van der Waals surface area contributed by atoms with Gasteiger partial charge in [0.2, 0.25) is 5.91 Å². The lowest BCUT2D eigenvalue weighted by molar-refractivity contribution is -0.117. The normalized spacial score (nSPS) is 11.0. The number of carbonyl (C=O) groups excluding carboxylic acids is 1. The highest BCUT2D eigenvalue weighted by molar-refractivity contribution is 6.42. The van der Waals surface area contributed by atoms with E-state index in [1.807, 2.05) is 11.9 Å². The predicted molar refractivity (Wildman–Crippen MR) is 89.5 cm³/mol. The minimum absolute atomic E-state index is 0.152. The van der Waals surface area contributed by atoms with Gasteiger partial charge >= 0.3 is 0 Å². The maximum atomic E-state index is 12.1. The first kappa shape index (κ1) is 17.7. The second kappa shape index (κ2) is 8.24. The van der Waals surface area contributed by atoms with Crippen LogP contribution in [0.2, 0.25) is 10.0 Å². The average Bonchev–Trinajstić information content (AvgIpc) is 2.90. The molecule has 0 saturated heterocycles. The van der Waals surface area contributed by atoms with Gasteiger partial charge in [0, 0.05) is 12.2 Å². The Bertz CT molecular complexity index is 675. The van der Waals surface area contributed by atoms with Crippen LogP contribution in [-0.4, -0.2) is 44.6 Å². The molecule has 1 N–H and O–H groups in total. The first-order valence-electron chi connectivity index (χ1n) is 7.18. The summed E-state index contributed by atoms with van der Waals surface area (Å²) >= 11 is 11.8. The van der Waals surface area contributed by atoms with Crippen LogP contribution >= 0.6 is 23.2 Å². The summed E-state index contributed by atoms with van der Waals surface area (Å²) in [6.07, 6.45) is 0.944.